The number of rotatable bonds is 1. The van der Waals surface area contributed by atoms with Crippen molar-refractivity contribution in [2.45, 2.75) is 18.9 Å². The predicted octanol–water partition coefficient (Wildman–Crippen LogP) is 2.04. The van der Waals surface area contributed by atoms with Gasteiger partial charge in [-0.05, 0) is 25.5 Å². The molecule has 2 heterocycles. The summed E-state index contributed by atoms with van der Waals surface area (Å²) in [5.74, 6) is 0. The summed E-state index contributed by atoms with van der Waals surface area (Å²) in [6.07, 6.45) is 2.47. The maximum atomic E-state index is 8.63. The molecule has 0 aliphatic carbocycles. The number of hydrogen-bond acceptors (Lipinski definition) is 3. The minimum absolute atomic E-state index is 0.511. The van der Waals surface area contributed by atoms with Gasteiger partial charge in [0.25, 0.3) is 0 Å². The second-order valence-corrected chi connectivity index (χ2v) is 3.94. The summed E-state index contributed by atoms with van der Waals surface area (Å²) >= 11 is 1.69. The topological polar surface area (TPSA) is 35.8 Å². The summed E-state index contributed by atoms with van der Waals surface area (Å²) in [5, 5.41) is 14.0. The lowest BCUT2D eigenvalue weighted by Crippen LogP contribution is -2.11. The minimum Gasteiger partial charge on any atom is -0.309 e. The summed E-state index contributed by atoms with van der Waals surface area (Å²) in [7, 11) is 0. The largest absolute Gasteiger partial charge is 0.309 e. The first-order chi connectivity index (χ1) is 5.90. The number of nitrogens with one attached hydrogen (secondary N) is 1. The number of nitriles is 1. The SMILES string of the molecule is N#Cc1csc(C2CCCN2)c1. The molecule has 62 valence electrons. The van der Waals surface area contributed by atoms with Gasteiger partial charge in [-0.2, -0.15) is 5.26 Å². The van der Waals surface area contributed by atoms with Gasteiger partial charge in [-0.15, -0.1) is 11.3 Å². The number of thiophene rings is 1. The van der Waals surface area contributed by atoms with Crippen molar-refractivity contribution in [3.8, 4) is 6.07 Å². The lowest BCUT2D eigenvalue weighted by molar-refractivity contribution is 0.660. The molecule has 1 N–H and O–H groups in total. The van der Waals surface area contributed by atoms with E-state index < -0.39 is 0 Å². The van der Waals surface area contributed by atoms with Gasteiger partial charge in [0.15, 0.2) is 0 Å². The van der Waals surface area contributed by atoms with Gasteiger partial charge in [-0.1, -0.05) is 0 Å². The summed E-state index contributed by atoms with van der Waals surface area (Å²) in [5.41, 5.74) is 0.795. The van der Waals surface area contributed by atoms with Gasteiger partial charge in [0.05, 0.1) is 5.56 Å². The molecule has 0 spiro atoms. The Morgan fingerprint density at radius 1 is 1.67 bits per heavy atom. The zero-order valence-electron chi connectivity index (χ0n) is 6.71. The number of nitrogens with zero attached hydrogens (tertiary/aromatic N) is 1. The molecule has 1 atom stereocenters. The zero-order chi connectivity index (χ0) is 8.39. The van der Waals surface area contributed by atoms with Crippen LogP contribution < -0.4 is 5.32 Å². The Kier molecular flexibility index (Phi) is 2.11. The first-order valence-corrected chi connectivity index (χ1v) is 5.00. The Bertz CT molecular complexity index is 305. The highest BCUT2D eigenvalue weighted by Crippen LogP contribution is 2.28. The van der Waals surface area contributed by atoms with E-state index in [0.29, 0.717) is 6.04 Å². The highest BCUT2D eigenvalue weighted by atomic mass is 32.1. The van der Waals surface area contributed by atoms with Gasteiger partial charge in [0, 0.05) is 16.3 Å². The van der Waals surface area contributed by atoms with Gasteiger partial charge in [0.1, 0.15) is 6.07 Å². The van der Waals surface area contributed by atoms with E-state index in [0.717, 1.165) is 12.1 Å². The average Bonchev–Trinajstić information content (AvgIpc) is 2.75. The normalized spacial score (nSPS) is 22.4. The Balaban J connectivity index is 2.17. The summed E-state index contributed by atoms with van der Waals surface area (Å²) in [4.78, 5) is 1.31. The van der Waals surface area contributed by atoms with Crippen molar-refractivity contribution in [1.82, 2.24) is 5.32 Å². The Hall–Kier alpha value is -0.850. The molecule has 1 unspecified atom stereocenters. The quantitative estimate of drug-likeness (QED) is 0.714. The third-order valence-corrected chi connectivity index (χ3v) is 3.20. The average molecular weight is 178 g/mol. The van der Waals surface area contributed by atoms with Crippen molar-refractivity contribution in [3.63, 3.8) is 0 Å². The molecule has 0 saturated carbocycles. The van der Waals surface area contributed by atoms with Crippen LogP contribution in [0.5, 0.6) is 0 Å². The van der Waals surface area contributed by atoms with Crippen LogP contribution in [0.25, 0.3) is 0 Å². The van der Waals surface area contributed by atoms with Crippen LogP contribution in [-0.4, -0.2) is 6.54 Å². The highest BCUT2D eigenvalue weighted by Gasteiger charge is 2.17. The molecule has 0 radical (unpaired) electrons. The van der Waals surface area contributed by atoms with Crippen LogP contribution in [0.3, 0.4) is 0 Å². The van der Waals surface area contributed by atoms with Crippen LogP contribution in [0.1, 0.15) is 29.3 Å². The maximum Gasteiger partial charge on any atom is 0.100 e. The van der Waals surface area contributed by atoms with Crippen LogP contribution >= 0.6 is 11.3 Å². The van der Waals surface area contributed by atoms with E-state index in [1.165, 1.54) is 17.7 Å². The van der Waals surface area contributed by atoms with E-state index >= 15 is 0 Å². The second-order valence-electron chi connectivity index (χ2n) is 3.00. The van der Waals surface area contributed by atoms with E-state index in [4.69, 9.17) is 5.26 Å². The molecule has 2 rings (SSSR count). The van der Waals surface area contributed by atoms with E-state index in [1.807, 2.05) is 11.4 Å². The third-order valence-electron chi connectivity index (χ3n) is 2.15. The molecule has 1 aliphatic rings. The molecule has 2 nitrogen and oxygen atoms in total. The molecule has 1 fully saturated rings. The lowest BCUT2D eigenvalue weighted by atomic mass is 10.2. The molecule has 0 amide bonds. The van der Waals surface area contributed by atoms with Crippen LogP contribution in [0.15, 0.2) is 11.4 Å². The molecule has 1 saturated heterocycles. The van der Waals surface area contributed by atoms with Crippen LogP contribution in [0.4, 0.5) is 0 Å². The van der Waals surface area contributed by atoms with Gasteiger partial charge < -0.3 is 5.32 Å². The Morgan fingerprint density at radius 3 is 3.17 bits per heavy atom. The fourth-order valence-electron chi connectivity index (χ4n) is 1.52. The first-order valence-electron chi connectivity index (χ1n) is 4.12. The molecule has 1 aliphatic heterocycles. The van der Waals surface area contributed by atoms with Gasteiger partial charge in [-0.25, -0.2) is 0 Å². The lowest BCUT2D eigenvalue weighted by Gasteiger charge is -2.05. The fraction of sp³-hybridized carbons (Fsp3) is 0.444. The smallest absolute Gasteiger partial charge is 0.100 e. The van der Waals surface area contributed by atoms with Crippen molar-refractivity contribution in [2.24, 2.45) is 0 Å². The van der Waals surface area contributed by atoms with Gasteiger partial charge >= 0.3 is 0 Å². The van der Waals surface area contributed by atoms with Crippen molar-refractivity contribution in [1.29, 1.82) is 5.26 Å². The fourth-order valence-corrected chi connectivity index (χ4v) is 2.47. The molecule has 3 heteroatoms. The Labute approximate surface area is 75.8 Å². The molecule has 12 heavy (non-hydrogen) atoms. The maximum absolute atomic E-state index is 8.63. The molecule has 1 aromatic rings. The van der Waals surface area contributed by atoms with Crippen molar-refractivity contribution in [3.05, 3.63) is 21.9 Å². The molecule has 0 aromatic carbocycles. The molecular formula is C9H10N2S. The predicted molar refractivity (Wildman–Crippen MR) is 49.0 cm³/mol. The second kappa shape index (κ2) is 3.26. The standard InChI is InChI=1S/C9H10N2S/c10-5-7-4-9(12-6-7)8-2-1-3-11-8/h4,6,8,11H,1-3H2. The zero-order valence-corrected chi connectivity index (χ0v) is 7.53. The first kappa shape index (κ1) is 7.78. The van der Waals surface area contributed by atoms with E-state index in [-0.39, 0.29) is 0 Å². The van der Waals surface area contributed by atoms with Crippen molar-refractivity contribution < 1.29 is 0 Å². The summed E-state index contributed by atoms with van der Waals surface area (Å²) in [6, 6.07) is 4.66. The van der Waals surface area contributed by atoms with Crippen LogP contribution in [-0.2, 0) is 0 Å². The van der Waals surface area contributed by atoms with Crippen molar-refractivity contribution >= 4 is 11.3 Å². The highest BCUT2D eigenvalue weighted by molar-refractivity contribution is 7.10. The van der Waals surface area contributed by atoms with Crippen LogP contribution in [0, 0.1) is 11.3 Å². The third kappa shape index (κ3) is 1.36. The molecular weight excluding hydrogens is 168 g/mol. The van der Waals surface area contributed by atoms with E-state index in [9.17, 15) is 0 Å². The van der Waals surface area contributed by atoms with Gasteiger partial charge in [0.2, 0.25) is 0 Å². The number of hydrogen-bond donors (Lipinski definition) is 1. The summed E-state index contributed by atoms with van der Waals surface area (Å²) in [6.45, 7) is 1.12. The minimum atomic E-state index is 0.511. The molecule has 0 bridgehead atoms. The van der Waals surface area contributed by atoms with Gasteiger partial charge in [-0.3, -0.25) is 0 Å². The van der Waals surface area contributed by atoms with E-state index in [2.05, 4.69) is 11.4 Å². The van der Waals surface area contributed by atoms with Crippen molar-refractivity contribution in [2.75, 3.05) is 6.54 Å². The Morgan fingerprint density at radius 2 is 2.58 bits per heavy atom. The monoisotopic (exact) mass is 178 g/mol. The summed E-state index contributed by atoms with van der Waals surface area (Å²) < 4.78 is 0. The van der Waals surface area contributed by atoms with E-state index in [1.54, 1.807) is 11.3 Å². The van der Waals surface area contributed by atoms with Crippen LogP contribution in [0.2, 0.25) is 0 Å². The molecule has 1 aromatic heterocycles.